The van der Waals surface area contributed by atoms with E-state index in [4.69, 9.17) is 11.6 Å². The summed E-state index contributed by atoms with van der Waals surface area (Å²) in [4.78, 5) is 23.4. The molecule has 0 bridgehead atoms. The third kappa shape index (κ3) is 4.52. The Labute approximate surface area is 207 Å². The van der Waals surface area contributed by atoms with Crippen LogP contribution in [0.5, 0.6) is 0 Å². The van der Waals surface area contributed by atoms with Crippen LogP contribution in [0.2, 0.25) is 5.02 Å². The minimum atomic E-state index is -0.844. The number of hydrogen-bond acceptors (Lipinski definition) is 4. The molecule has 0 unspecified atom stereocenters. The van der Waals surface area contributed by atoms with E-state index >= 15 is 0 Å². The van der Waals surface area contributed by atoms with Crippen molar-refractivity contribution in [3.05, 3.63) is 92.8 Å². The van der Waals surface area contributed by atoms with Crippen molar-refractivity contribution in [3.8, 4) is 5.69 Å². The molecule has 0 radical (unpaired) electrons. The average molecular weight is 495 g/mol. The summed E-state index contributed by atoms with van der Waals surface area (Å²) in [5.74, 6) is -0.732. The van der Waals surface area contributed by atoms with E-state index in [1.807, 2.05) is 12.1 Å². The van der Waals surface area contributed by atoms with Gasteiger partial charge in [-0.1, -0.05) is 11.6 Å². The first-order valence-corrected chi connectivity index (χ1v) is 12.0. The number of fused-ring (bicyclic) bond motifs is 1. The molecule has 0 spiro atoms. The van der Waals surface area contributed by atoms with Crippen LogP contribution in [0.4, 0.5) is 14.5 Å². The second-order valence-corrected chi connectivity index (χ2v) is 9.53. The van der Waals surface area contributed by atoms with E-state index in [1.54, 1.807) is 42.8 Å². The Kier molecular flexibility index (Phi) is 6.28. The van der Waals surface area contributed by atoms with Gasteiger partial charge in [-0.05, 0) is 81.0 Å². The Hall–Kier alpha value is -3.32. The van der Waals surface area contributed by atoms with Crippen molar-refractivity contribution in [1.82, 2.24) is 14.5 Å². The monoisotopic (exact) mass is 494 g/mol. The Morgan fingerprint density at radius 3 is 2.57 bits per heavy atom. The second-order valence-electron chi connectivity index (χ2n) is 9.12. The van der Waals surface area contributed by atoms with Crippen LogP contribution >= 0.6 is 11.6 Å². The van der Waals surface area contributed by atoms with Gasteiger partial charge in [0, 0.05) is 36.4 Å². The van der Waals surface area contributed by atoms with E-state index in [1.165, 1.54) is 12.1 Å². The van der Waals surface area contributed by atoms with Gasteiger partial charge in [-0.25, -0.2) is 13.8 Å². The molecule has 4 aromatic rings. The lowest BCUT2D eigenvalue weighted by atomic mass is 9.89. The summed E-state index contributed by atoms with van der Waals surface area (Å²) in [6.45, 7) is 5.18. The maximum absolute atomic E-state index is 14.2. The van der Waals surface area contributed by atoms with Crippen molar-refractivity contribution in [1.29, 1.82) is 0 Å². The number of benzene rings is 2. The molecule has 35 heavy (non-hydrogen) atoms. The molecule has 0 N–H and O–H groups in total. The molecule has 2 aromatic carbocycles. The van der Waals surface area contributed by atoms with Crippen molar-refractivity contribution < 1.29 is 8.78 Å². The zero-order valence-corrected chi connectivity index (χ0v) is 20.3. The summed E-state index contributed by atoms with van der Waals surface area (Å²) in [5.41, 5.74) is 3.41. The number of nitrogens with zero attached hydrogens (tertiary/aromatic N) is 4. The Morgan fingerprint density at radius 2 is 1.86 bits per heavy atom. The Morgan fingerprint density at radius 1 is 1.09 bits per heavy atom. The number of rotatable bonds is 4. The number of hydrogen-bond donors (Lipinski definition) is 0. The van der Waals surface area contributed by atoms with Gasteiger partial charge in [-0.3, -0.25) is 14.3 Å². The van der Waals surface area contributed by atoms with Gasteiger partial charge >= 0.3 is 0 Å². The van der Waals surface area contributed by atoms with Crippen molar-refractivity contribution in [2.45, 2.75) is 33.1 Å². The quantitative estimate of drug-likeness (QED) is 0.360. The van der Waals surface area contributed by atoms with Crippen LogP contribution in [-0.4, -0.2) is 27.6 Å². The molecule has 1 aliphatic rings. The molecular formula is C27H25ClF2N4O. The summed E-state index contributed by atoms with van der Waals surface area (Å²) in [5, 5.41) is 0.800. The molecule has 5 nitrogen and oxygen atoms in total. The molecule has 2 aromatic heterocycles. The highest BCUT2D eigenvalue weighted by molar-refractivity contribution is 6.33. The van der Waals surface area contributed by atoms with Crippen LogP contribution in [0.3, 0.4) is 0 Å². The van der Waals surface area contributed by atoms with E-state index in [9.17, 15) is 13.6 Å². The van der Waals surface area contributed by atoms with Crippen LogP contribution in [-0.2, 0) is 6.42 Å². The number of aryl methyl sites for hydroxylation is 2. The van der Waals surface area contributed by atoms with Gasteiger partial charge in [0.2, 0.25) is 0 Å². The molecule has 3 heterocycles. The number of anilines is 1. The maximum Gasteiger partial charge on any atom is 0.258 e. The van der Waals surface area contributed by atoms with Crippen molar-refractivity contribution >= 4 is 28.2 Å². The summed E-state index contributed by atoms with van der Waals surface area (Å²) in [7, 11) is 0. The van der Waals surface area contributed by atoms with Crippen molar-refractivity contribution in [2.75, 3.05) is 18.0 Å². The van der Waals surface area contributed by atoms with Crippen molar-refractivity contribution in [3.63, 3.8) is 0 Å². The molecule has 1 fully saturated rings. The minimum absolute atomic E-state index is 0.140. The van der Waals surface area contributed by atoms with E-state index in [2.05, 4.69) is 14.9 Å². The van der Waals surface area contributed by atoms with E-state index in [-0.39, 0.29) is 10.9 Å². The predicted octanol–water partition coefficient (Wildman–Crippen LogP) is 5.79. The predicted molar refractivity (Wildman–Crippen MR) is 135 cm³/mol. The summed E-state index contributed by atoms with van der Waals surface area (Å²) < 4.78 is 29.9. The van der Waals surface area contributed by atoms with Crippen LogP contribution in [0.15, 0.2) is 53.5 Å². The van der Waals surface area contributed by atoms with Crippen molar-refractivity contribution in [2.24, 2.45) is 5.92 Å². The molecule has 5 rings (SSSR count). The zero-order valence-electron chi connectivity index (χ0n) is 19.6. The van der Waals surface area contributed by atoms with E-state index in [0.717, 1.165) is 37.2 Å². The first kappa shape index (κ1) is 23.4. The highest BCUT2D eigenvalue weighted by Gasteiger charge is 2.23. The van der Waals surface area contributed by atoms with Crippen LogP contribution in [0.25, 0.3) is 16.6 Å². The fourth-order valence-electron chi connectivity index (χ4n) is 5.04. The third-order valence-electron chi connectivity index (χ3n) is 6.73. The molecular weight excluding hydrogens is 470 g/mol. The molecule has 1 saturated heterocycles. The molecule has 0 atom stereocenters. The fraction of sp³-hybridized carbons (Fsp3) is 0.296. The molecule has 1 aliphatic heterocycles. The van der Waals surface area contributed by atoms with Gasteiger partial charge in [-0.2, -0.15) is 0 Å². The van der Waals surface area contributed by atoms with Gasteiger partial charge < -0.3 is 4.90 Å². The number of halogens is 3. The normalized spacial score (nSPS) is 14.6. The largest absolute Gasteiger partial charge is 0.370 e. The summed E-state index contributed by atoms with van der Waals surface area (Å²) in [6, 6.07) is 11.6. The summed E-state index contributed by atoms with van der Waals surface area (Å²) in [6.07, 6.45) is 4.05. The zero-order chi connectivity index (χ0) is 24.7. The second kappa shape index (κ2) is 9.38. The smallest absolute Gasteiger partial charge is 0.258 e. The molecule has 180 valence electrons. The van der Waals surface area contributed by atoms with Crippen LogP contribution in [0, 0.1) is 31.4 Å². The van der Waals surface area contributed by atoms with Gasteiger partial charge in [0.05, 0.1) is 21.9 Å². The fourth-order valence-corrected chi connectivity index (χ4v) is 5.34. The van der Waals surface area contributed by atoms with Crippen LogP contribution < -0.4 is 10.5 Å². The maximum atomic E-state index is 14.2. The third-order valence-corrected chi connectivity index (χ3v) is 7.03. The van der Waals surface area contributed by atoms with Gasteiger partial charge in [-0.15, -0.1) is 0 Å². The first-order valence-electron chi connectivity index (χ1n) is 11.7. The molecule has 0 saturated carbocycles. The molecule has 0 aliphatic carbocycles. The number of piperidine rings is 1. The lowest BCUT2D eigenvalue weighted by molar-refractivity contribution is 0.403. The minimum Gasteiger partial charge on any atom is -0.370 e. The highest BCUT2D eigenvalue weighted by Crippen LogP contribution is 2.33. The van der Waals surface area contributed by atoms with Gasteiger partial charge in [0.15, 0.2) is 11.6 Å². The van der Waals surface area contributed by atoms with E-state index < -0.39 is 11.6 Å². The first-order chi connectivity index (χ1) is 16.8. The number of pyridine rings is 1. The Balaban J connectivity index is 1.31. The molecule has 0 amide bonds. The lowest BCUT2D eigenvalue weighted by Crippen LogP contribution is -2.34. The topological polar surface area (TPSA) is 51.0 Å². The standard InChI is InChI=1S/C27H25ClF2N4O/c1-16-12-25(35)34(17(2)32-16)20-5-6-24(22(28)15-20)33-10-7-18(8-11-33)13-19-14-23(29)26(30)21-4-3-9-31-27(19)21/h3-6,9,12,14-15,18H,7-8,10-11,13H2,1-2H3. The number of aromatic nitrogens is 3. The van der Waals surface area contributed by atoms with Crippen LogP contribution in [0.1, 0.15) is 29.9 Å². The summed E-state index contributed by atoms with van der Waals surface area (Å²) >= 11 is 6.65. The molecule has 8 heteroatoms. The Bertz CT molecular complexity index is 1480. The van der Waals surface area contributed by atoms with E-state index in [0.29, 0.717) is 40.1 Å². The van der Waals surface area contributed by atoms with Gasteiger partial charge in [0.1, 0.15) is 5.82 Å². The average Bonchev–Trinajstić information content (AvgIpc) is 2.82. The SMILES string of the molecule is Cc1cc(=O)n(-c2ccc(N3CCC(Cc4cc(F)c(F)c5cccnc45)CC3)c(Cl)c2)c(C)n1. The lowest BCUT2D eigenvalue weighted by Gasteiger charge is -2.34. The highest BCUT2D eigenvalue weighted by atomic mass is 35.5. The van der Waals surface area contributed by atoms with Gasteiger partial charge in [0.25, 0.3) is 5.56 Å².